The number of likely N-dealkylation sites (N-methyl/N-ethyl adjacent to an activating group) is 1. The van der Waals surface area contributed by atoms with Crippen molar-refractivity contribution in [3.8, 4) is 0 Å². The van der Waals surface area contributed by atoms with Crippen LogP contribution in [-0.2, 0) is 0 Å². The van der Waals surface area contributed by atoms with Crippen molar-refractivity contribution in [3.63, 3.8) is 0 Å². The Bertz CT molecular complexity index is 473. The van der Waals surface area contributed by atoms with Gasteiger partial charge in [0.05, 0.1) is 0 Å². The molecule has 0 unspecified atom stereocenters. The predicted molar refractivity (Wildman–Crippen MR) is 78.2 cm³/mol. The van der Waals surface area contributed by atoms with Crippen LogP contribution in [0.25, 0.3) is 0 Å². The fraction of sp³-hybridized carbons (Fsp3) is 0.643. The molecule has 104 valence electrons. The van der Waals surface area contributed by atoms with E-state index >= 15 is 0 Å². The topological polar surface area (TPSA) is 39.3 Å². The first-order valence-electron chi connectivity index (χ1n) is 7.02. The van der Waals surface area contributed by atoms with Gasteiger partial charge in [0.2, 0.25) is 0 Å². The zero-order chi connectivity index (χ0) is 13.4. The maximum absolute atomic E-state index is 12.6. The van der Waals surface area contributed by atoms with E-state index < -0.39 is 0 Å². The van der Waals surface area contributed by atoms with Crippen molar-refractivity contribution in [2.24, 2.45) is 0 Å². The van der Waals surface area contributed by atoms with Crippen LogP contribution in [0.1, 0.15) is 36.2 Å². The molecule has 2 fully saturated rings. The molecule has 2 aliphatic rings. The van der Waals surface area contributed by atoms with Crippen LogP contribution in [0.5, 0.6) is 0 Å². The van der Waals surface area contributed by atoms with Gasteiger partial charge in [-0.15, -0.1) is 0 Å². The number of nitrogens with one attached hydrogen (secondary N) is 1. The van der Waals surface area contributed by atoms with Crippen molar-refractivity contribution in [1.82, 2.24) is 14.8 Å². The number of carbonyl (C=O) groups excluding carboxylic acids is 1. The number of likely N-dealkylation sites (tertiary alicyclic amines) is 2. The smallest absolute Gasteiger partial charge is 0.270 e. The van der Waals surface area contributed by atoms with Gasteiger partial charge in [-0.3, -0.25) is 4.79 Å². The molecule has 0 aromatic carbocycles. The van der Waals surface area contributed by atoms with Crippen molar-refractivity contribution < 1.29 is 4.79 Å². The molecule has 2 atom stereocenters. The number of nitrogens with zero attached hydrogens (tertiary/aromatic N) is 2. The summed E-state index contributed by atoms with van der Waals surface area (Å²) in [5.74, 6) is 0.147. The normalized spacial score (nSPS) is 28.2. The first kappa shape index (κ1) is 13.2. The second-order valence-corrected chi connectivity index (χ2v) is 6.55. The summed E-state index contributed by atoms with van der Waals surface area (Å²) in [7, 11) is 2.18. The highest BCUT2D eigenvalue weighted by Crippen LogP contribution is 2.30. The van der Waals surface area contributed by atoms with Crippen molar-refractivity contribution in [3.05, 3.63) is 22.4 Å². The maximum Gasteiger partial charge on any atom is 0.270 e. The highest BCUT2D eigenvalue weighted by Gasteiger charge is 2.38. The van der Waals surface area contributed by atoms with Gasteiger partial charge in [0.15, 0.2) is 0 Å². The van der Waals surface area contributed by atoms with Crippen molar-refractivity contribution in [2.45, 2.75) is 37.8 Å². The highest BCUT2D eigenvalue weighted by atomic mass is 79.9. The van der Waals surface area contributed by atoms with Gasteiger partial charge in [0.1, 0.15) is 5.69 Å². The van der Waals surface area contributed by atoms with E-state index in [1.807, 2.05) is 12.3 Å². The molecule has 3 heterocycles. The number of amides is 1. The number of carbonyl (C=O) groups is 1. The lowest BCUT2D eigenvalue weighted by Gasteiger charge is -2.33. The zero-order valence-corrected chi connectivity index (χ0v) is 12.8. The lowest BCUT2D eigenvalue weighted by atomic mass is 10.0. The Morgan fingerprint density at radius 1 is 1.32 bits per heavy atom. The van der Waals surface area contributed by atoms with Gasteiger partial charge < -0.3 is 14.8 Å². The number of hydrogen-bond acceptors (Lipinski definition) is 2. The standard InChI is InChI=1S/C14H20BrN3O/c1-17-6-2-4-12(17)13-5-3-7-18(13)14(19)11-8-10(15)9-16-11/h8-9,12-13,16H,2-7H2,1H3/t12-,13+/m0/s1. The van der Waals surface area contributed by atoms with Crippen molar-refractivity contribution in [2.75, 3.05) is 20.1 Å². The van der Waals surface area contributed by atoms with Crippen LogP contribution in [0.2, 0.25) is 0 Å². The molecule has 2 saturated heterocycles. The number of hydrogen-bond donors (Lipinski definition) is 1. The van der Waals surface area contributed by atoms with E-state index in [-0.39, 0.29) is 5.91 Å². The molecule has 5 heteroatoms. The van der Waals surface area contributed by atoms with Crippen LogP contribution in [0.3, 0.4) is 0 Å². The first-order valence-corrected chi connectivity index (χ1v) is 7.81. The molecule has 0 radical (unpaired) electrons. The van der Waals surface area contributed by atoms with Crippen LogP contribution in [0.15, 0.2) is 16.7 Å². The van der Waals surface area contributed by atoms with E-state index in [1.54, 1.807) is 0 Å². The predicted octanol–water partition coefficient (Wildman–Crippen LogP) is 2.48. The molecule has 1 N–H and O–H groups in total. The quantitative estimate of drug-likeness (QED) is 0.907. The SMILES string of the molecule is CN1CCC[C@H]1[C@H]1CCCN1C(=O)c1cc(Br)c[nH]1. The minimum Gasteiger partial charge on any atom is -0.356 e. The van der Waals surface area contributed by atoms with Gasteiger partial charge in [0.25, 0.3) is 5.91 Å². The fourth-order valence-corrected chi connectivity index (χ4v) is 3.86. The Kier molecular flexibility index (Phi) is 3.67. The summed E-state index contributed by atoms with van der Waals surface area (Å²) in [6, 6.07) is 2.81. The monoisotopic (exact) mass is 325 g/mol. The minimum atomic E-state index is 0.147. The molecule has 0 spiro atoms. The Morgan fingerprint density at radius 2 is 2.05 bits per heavy atom. The maximum atomic E-state index is 12.6. The van der Waals surface area contributed by atoms with Crippen LogP contribution in [-0.4, -0.2) is 52.9 Å². The summed E-state index contributed by atoms with van der Waals surface area (Å²) in [4.78, 5) is 20.1. The van der Waals surface area contributed by atoms with Gasteiger partial charge in [-0.25, -0.2) is 0 Å². The molecule has 3 rings (SSSR count). The summed E-state index contributed by atoms with van der Waals surface area (Å²) in [6.45, 7) is 2.06. The van der Waals surface area contributed by atoms with Gasteiger partial charge >= 0.3 is 0 Å². The molecule has 0 aliphatic carbocycles. The Morgan fingerprint density at radius 3 is 2.68 bits per heavy atom. The van der Waals surface area contributed by atoms with Gasteiger partial charge in [-0.2, -0.15) is 0 Å². The third kappa shape index (κ3) is 2.46. The van der Waals surface area contributed by atoms with Crippen LogP contribution in [0, 0.1) is 0 Å². The van der Waals surface area contributed by atoms with Gasteiger partial charge in [-0.05, 0) is 61.3 Å². The van der Waals surface area contributed by atoms with Crippen LogP contribution < -0.4 is 0 Å². The summed E-state index contributed by atoms with van der Waals surface area (Å²) in [5, 5.41) is 0. The number of halogens is 1. The summed E-state index contributed by atoms with van der Waals surface area (Å²) >= 11 is 3.39. The number of rotatable bonds is 2. The molecule has 1 amide bonds. The molecule has 1 aromatic heterocycles. The molecular weight excluding hydrogens is 306 g/mol. The van der Waals surface area contributed by atoms with Gasteiger partial charge in [-0.1, -0.05) is 0 Å². The Labute approximate surface area is 122 Å². The van der Waals surface area contributed by atoms with E-state index in [0.29, 0.717) is 17.8 Å². The minimum absolute atomic E-state index is 0.147. The molecular formula is C14H20BrN3O. The Balaban J connectivity index is 1.77. The summed E-state index contributed by atoms with van der Waals surface area (Å²) in [6.07, 6.45) is 6.57. The van der Waals surface area contributed by atoms with E-state index in [2.05, 4.69) is 37.8 Å². The van der Waals surface area contributed by atoms with Crippen molar-refractivity contribution in [1.29, 1.82) is 0 Å². The summed E-state index contributed by atoms with van der Waals surface area (Å²) in [5.41, 5.74) is 0.694. The largest absolute Gasteiger partial charge is 0.356 e. The molecule has 0 bridgehead atoms. The van der Waals surface area contributed by atoms with E-state index in [0.717, 1.165) is 30.4 Å². The Hall–Kier alpha value is -0.810. The first-order chi connectivity index (χ1) is 9.16. The average Bonchev–Trinajstić information content (AvgIpc) is 3.07. The van der Waals surface area contributed by atoms with Crippen molar-refractivity contribution >= 4 is 21.8 Å². The fourth-order valence-electron chi connectivity index (χ4n) is 3.51. The second-order valence-electron chi connectivity index (χ2n) is 5.63. The lowest BCUT2D eigenvalue weighted by molar-refractivity contribution is 0.0659. The van der Waals surface area contributed by atoms with E-state index in [4.69, 9.17) is 0 Å². The molecule has 0 saturated carbocycles. The summed E-state index contributed by atoms with van der Waals surface area (Å²) < 4.78 is 0.935. The molecule has 4 nitrogen and oxygen atoms in total. The van der Waals surface area contributed by atoms with Gasteiger partial charge in [0, 0.05) is 29.3 Å². The van der Waals surface area contributed by atoms with Crippen LogP contribution in [0.4, 0.5) is 0 Å². The molecule has 19 heavy (non-hydrogen) atoms. The molecule has 1 aromatic rings. The third-order valence-electron chi connectivity index (χ3n) is 4.46. The highest BCUT2D eigenvalue weighted by molar-refractivity contribution is 9.10. The van der Waals surface area contributed by atoms with E-state index in [9.17, 15) is 4.79 Å². The number of aromatic nitrogens is 1. The zero-order valence-electron chi connectivity index (χ0n) is 11.2. The second kappa shape index (κ2) is 5.29. The van der Waals surface area contributed by atoms with E-state index in [1.165, 1.54) is 12.8 Å². The third-order valence-corrected chi connectivity index (χ3v) is 4.92. The number of aromatic amines is 1. The number of H-pyrrole nitrogens is 1. The molecule has 2 aliphatic heterocycles. The average molecular weight is 326 g/mol. The lowest BCUT2D eigenvalue weighted by Crippen LogP contribution is -2.47. The van der Waals surface area contributed by atoms with Crippen LogP contribution >= 0.6 is 15.9 Å².